The molecule has 0 spiro atoms. The number of nitrogens with one attached hydrogen (secondary N) is 1. The lowest BCUT2D eigenvalue weighted by molar-refractivity contribution is -0.147. The molecule has 1 atom stereocenters. The fourth-order valence-corrected chi connectivity index (χ4v) is 2.20. The monoisotopic (exact) mass is 275 g/mol. The Morgan fingerprint density at radius 2 is 2.18 bits per heavy atom. The van der Waals surface area contributed by atoms with Gasteiger partial charge in [0.25, 0.3) is 5.91 Å². The maximum atomic E-state index is 11.9. The third-order valence-electron chi connectivity index (χ3n) is 2.53. The van der Waals surface area contributed by atoms with Gasteiger partial charge in [0, 0.05) is 0 Å². The van der Waals surface area contributed by atoms with Crippen LogP contribution in [0.15, 0.2) is 12.1 Å². The van der Waals surface area contributed by atoms with Gasteiger partial charge in [0.2, 0.25) is 0 Å². The number of hydrogen-bond donors (Lipinski definition) is 1. The third kappa shape index (κ3) is 3.20. The van der Waals surface area contributed by atoms with Crippen LogP contribution in [0.1, 0.15) is 29.9 Å². The quantitative estimate of drug-likeness (QED) is 0.859. The normalized spacial score (nSPS) is 13.9. The number of rotatable bonds is 4. The zero-order valence-corrected chi connectivity index (χ0v) is 11.4. The number of ether oxygens (including phenoxy) is 1. The highest BCUT2D eigenvalue weighted by atomic mass is 35.5. The highest BCUT2D eigenvalue weighted by molar-refractivity contribution is 7.18. The van der Waals surface area contributed by atoms with Gasteiger partial charge >= 0.3 is 5.97 Å². The highest BCUT2D eigenvalue weighted by Gasteiger charge is 2.34. The Morgan fingerprint density at radius 1 is 1.53 bits per heavy atom. The van der Waals surface area contributed by atoms with E-state index in [1.807, 2.05) is 0 Å². The molecule has 0 fully saturated rings. The summed E-state index contributed by atoms with van der Waals surface area (Å²) in [6.07, 6.45) is 0.449. The molecule has 6 heteroatoms. The van der Waals surface area contributed by atoms with Crippen LogP contribution in [0.5, 0.6) is 0 Å². The summed E-state index contributed by atoms with van der Waals surface area (Å²) < 4.78 is 5.21. The molecular formula is C11H14ClNO3S. The van der Waals surface area contributed by atoms with Gasteiger partial charge in [0.05, 0.1) is 16.3 Å². The van der Waals surface area contributed by atoms with Crippen LogP contribution in [0.3, 0.4) is 0 Å². The molecule has 1 rings (SSSR count). The molecule has 17 heavy (non-hydrogen) atoms. The molecule has 0 aliphatic heterocycles. The minimum absolute atomic E-state index is 0.323. The Hall–Kier alpha value is -1.07. The second kappa shape index (κ2) is 5.51. The molecule has 0 saturated heterocycles. The van der Waals surface area contributed by atoms with E-state index in [1.54, 1.807) is 26.0 Å². The first-order valence-corrected chi connectivity index (χ1v) is 6.28. The van der Waals surface area contributed by atoms with Crippen LogP contribution in [0.4, 0.5) is 0 Å². The van der Waals surface area contributed by atoms with E-state index in [2.05, 4.69) is 10.1 Å². The molecule has 1 aromatic rings. The van der Waals surface area contributed by atoms with Crippen molar-refractivity contribution in [2.75, 3.05) is 7.11 Å². The summed E-state index contributed by atoms with van der Waals surface area (Å²) in [6, 6.07) is 3.26. The first-order valence-electron chi connectivity index (χ1n) is 5.09. The molecule has 0 radical (unpaired) electrons. The van der Waals surface area contributed by atoms with Crippen LogP contribution in [0, 0.1) is 0 Å². The summed E-state index contributed by atoms with van der Waals surface area (Å²) in [5.41, 5.74) is -1.01. The molecule has 1 N–H and O–H groups in total. The summed E-state index contributed by atoms with van der Waals surface area (Å²) in [5, 5.41) is 2.66. The van der Waals surface area contributed by atoms with Crippen LogP contribution < -0.4 is 5.32 Å². The Bertz CT molecular complexity index is 432. The van der Waals surface area contributed by atoms with E-state index in [0.29, 0.717) is 15.6 Å². The first kappa shape index (κ1) is 14.0. The smallest absolute Gasteiger partial charge is 0.331 e. The molecule has 0 saturated carbocycles. The molecule has 0 unspecified atom stereocenters. The van der Waals surface area contributed by atoms with Gasteiger partial charge in [-0.2, -0.15) is 0 Å². The van der Waals surface area contributed by atoms with E-state index in [4.69, 9.17) is 11.6 Å². The van der Waals surface area contributed by atoms with E-state index in [1.165, 1.54) is 18.4 Å². The summed E-state index contributed by atoms with van der Waals surface area (Å²) in [6.45, 7) is 3.44. The van der Waals surface area contributed by atoms with Crippen molar-refractivity contribution in [2.24, 2.45) is 0 Å². The van der Waals surface area contributed by atoms with Crippen LogP contribution in [-0.2, 0) is 9.53 Å². The fourth-order valence-electron chi connectivity index (χ4n) is 1.26. The number of halogens is 1. The highest BCUT2D eigenvalue weighted by Crippen LogP contribution is 2.22. The minimum Gasteiger partial charge on any atom is -0.467 e. The van der Waals surface area contributed by atoms with Crippen molar-refractivity contribution in [1.82, 2.24) is 5.32 Å². The molecular weight excluding hydrogens is 262 g/mol. The molecule has 1 aromatic heterocycles. The number of thiophene rings is 1. The lowest BCUT2D eigenvalue weighted by atomic mass is 9.99. The van der Waals surface area contributed by atoms with Crippen LogP contribution in [0.25, 0.3) is 0 Å². The maximum Gasteiger partial charge on any atom is 0.331 e. The van der Waals surface area contributed by atoms with Crippen LogP contribution in [-0.4, -0.2) is 24.5 Å². The number of esters is 1. The number of amides is 1. The molecule has 0 aliphatic carbocycles. The van der Waals surface area contributed by atoms with Gasteiger partial charge in [0.1, 0.15) is 5.54 Å². The van der Waals surface area contributed by atoms with Crippen molar-refractivity contribution in [3.63, 3.8) is 0 Å². The van der Waals surface area contributed by atoms with Gasteiger partial charge in [-0.3, -0.25) is 4.79 Å². The van der Waals surface area contributed by atoms with E-state index >= 15 is 0 Å². The molecule has 1 amide bonds. The van der Waals surface area contributed by atoms with Crippen molar-refractivity contribution < 1.29 is 14.3 Å². The van der Waals surface area contributed by atoms with E-state index in [9.17, 15) is 9.59 Å². The molecule has 1 heterocycles. The van der Waals surface area contributed by atoms with E-state index in [-0.39, 0.29) is 5.91 Å². The lowest BCUT2D eigenvalue weighted by Crippen LogP contribution is -2.52. The molecule has 4 nitrogen and oxygen atoms in total. The van der Waals surface area contributed by atoms with Crippen LogP contribution >= 0.6 is 22.9 Å². The Balaban J connectivity index is 2.82. The average Bonchev–Trinajstić information content (AvgIpc) is 2.74. The van der Waals surface area contributed by atoms with Gasteiger partial charge in [-0.1, -0.05) is 18.5 Å². The summed E-state index contributed by atoms with van der Waals surface area (Å²) >= 11 is 6.91. The number of carbonyl (C=O) groups excluding carboxylic acids is 2. The largest absolute Gasteiger partial charge is 0.467 e. The SMILES string of the molecule is CC[C@@](C)(NC(=O)c1ccc(Cl)s1)C(=O)OC. The zero-order valence-electron chi connectivity index (χ0n) is 9.87. The average molecular weight is 276 g/mol. The first-order chi connectivity index (χ1) is 7.92. The maximum absolute atomic E-state index is 11.9. The zero-order chi connectivity index (χ0) is 13.1. The van der Waals surface area contributed by atoms with Gasteiger partial charge in [-0.05, 0) is 25.5 Å². The van der Waals surface area contributed by atoms with Gasteiger partial charge in [-0.25, -0.2) is 4.79 Å². The molecule has 0 aliphatic rings. The van der Waals surface area contributed by atoms with Crippen molar-refractivity contribution in [3.05, 3.63) is 21.3 Å². The number of hydrogen-bond acceptors (Lipinski definition) is 4. The number of carbonyl (C=O) groups is 2. The second-order valence-corrected chi connectivity index (χ2v) is 5.45. The molecule has 94 valence electrons. The predicted octanol–water partition coefficient (Wildman–Crippen LogP) is 2.47. The Labute approximate surface area is 109 Å². The summed E-state index contributed by atoms with van der Waals surface area (Å²) in [7, 11) is 1.30. The van der Waals surface area contributed by atoms with Crippen molar-refractivity contribution in [2.45, 2.75) is 25.8 Å². The predicted molar refractivity (Wildman–Crippen MR) is 67.5 cm³/mol. The number of methoxy groups -OCH3 is 1. The molecule has 0 bridgehead atoms. The van der Waals surface area contributed by atoms with Gasteiger partial charge in [0.15, 0.2) is 0 Å². The fraction of sp³-hybridized carbons (Fsp3) is 0.455. The molecule has 0 aromatic carbocycles. The van der Waals surface area contributed by atoms with Crippen molar-refractivity contribution >= 4 is 34.8 Å². The second-order valence-electron chi connectivity index (χ2n) is 3.74. The Kier molecular flexibility index (Phi) is 4.54. The minimum atomic E-state index is -1.01. The Morgan fingerprint density at radius 3 is 2.59 bits per heavy atom. The van der Waals surface area contributed by atoms with Crippen molar-refractivity contribution in [3.8, 4) is 0 Å². The summed E-state index contributed by atoms with van der Waals surface area (Å²) in [5.74, 6) is -0.785. The van der Waals surface area contributed by atoms with Crippen LogP contribution in [0.2, 0.25) is 4.34 Å². The lowest BCUT2D eigenvalue weighted by Gasteiger charge is -2.26. The van der Waals surface area contributed by atoms with E-state index in [0.717, 1.165) is 0 Å². The van der Waals surface area contributed by atoms with Crippen molar-refractivity contribution in [1.29, 1.82) is 0 Å². The van der Waals surface area contributed by atoms with Gasteiger partial charge in [-0.15, -0.1) is 11.3 Å². The topological polar surface area (TPSA) is 55.4 Å². The third-order valence-corrected chi connectivity index (χ3v) is 3.76. The van der Waals surface area contributed by atoms with E-state index < -0.39 is 11.5 Å². The standard InChI is InChI=1S/C11H14ClNO3S/c1-4-11(2,10(15)16-3)13-9(14)7-5-6-8(12)17-7/h5-6H,4H2,1-3H3,(H,13,14)/t11-/m1/s1. The summed E-state index contributed by atoms with van der Waals surface area (Å²) in [4.78, 5) is 23.9. The van der Waals surface area contributed by atoms with Gasteiger partial charge < -0.3 is 10.1 Å².